The van der Waals surface area contributed by atoms with Crippen molar-refractivity contribution in [3.63, 3.8) is 0 Å². The summed E-state index contributed by atoms with van der Waals surface area (Å²) < 4.78 is 1.62. The summed E-state index contributed by atoms with van der Waals surface area (Å²) in [5, 5.41) is 12.0. The molecule has 2 aromatic heterocycles. The molecule has 0 spiro atoms. The number of fused-ring (bicyclic) bond motifs is 1. The molecule has 0 aliphatic heterocycles. The number of aromatic nitrogens is 2. The first kappa shape index (κ1) is 18.3. The third kappa shape index (κ3) is 3.71. The van der Waals surface area contributed by atoms with Gasteiger partial charge in [-0.3, -0.25) is 19.5 Å². The van der Waals surface area contributed by atoms with E-state index < -0.39 is 4.92 Å². The van der Waals surface area contributed by atoms with Gasteiger partial charge in [-0.2, -0.15) is 0 Å². The van der Waals surface area contributed by atoms with Crippen LogP contribution in [0.15, 0.2) is 52.9 Å². The summed E-state index contributed by atoms with van der Waals surface area (Å²) in [6.07, 6.45) is 2.55. The van der Waals surface area contributed by atoms with E-state index in [1.165, 1.54) is 23.9 Å². The van der Waals surface area contributed by atoms with E-state index >= 15 is 0 Å². The fraction of sp³-hybridized carbons (Fsp3) is 0.222. The fourth-order valence-electron chi connectivity index (χ4n) is 2.48. The lowest BCUT2D eigenvalue weighted by Gasteiger charge is -2.10. The summed E-state index contributed by atoms with van der Waals surface area (Å²) in [5.74, 6) is 0.569. The Labute approximate surface area is 158 Å². The number of rotatable bonds is 7. The first-order chi connectivity index (χ1) is 12.5. The van der Waals surface area contributed by atoms with Crippen LogP contribution in [0.1, 0.15) is 17.4 Å². The Morgan fingerprint density at radius 1 is 1.38 bits per heavy atom. The molecule has 2 heterocycles. The molecule has 134 valence electrons. The van der Waals surface area contributed by atoms with E-state index in [2.05, 4.69) is 18.5 Å². The van der Waals surface area contributed by atoms with Crippen molar-refractivity contribution in [1.82, 2.24) is 9.55 Å². The number of benzene rings is 1. The second kappa shape index (κ2) is 7.84. The molecule has 0 fully saturated rings. The maximum absolute atomic E-state index is 12.8. The first-order valence-electron chi connectivity index (χ1n) is 8.03. The molecule has 0 saturated heterocycles. The summed E-state index contributed by atoms with van der Waals surface area (Å²) in [7, 11) is 0. The highest BCUT2D eigenvalue weighted by atomic mass is 32.2. The fourth-order valence-corrected chi connectivity index (χ4v) is 4.46. The number of non-ortho nitro benzene ring substituents is 1. The molecule has 0 radical (unpaired) electrons. The largest absolute Gasteiger partial charge is 0.283 e. The van der Waals surface area contributed by atoms with Crippen LogP contribution in [0.2, 0.25) is 0 Å². The van der Waals surface area contributed by atoms with Crippen molar-refractivity contribution in [2.24, 2.45) is 0 Å². The Bertz CT molecular complexity index is 1020. The second-order valence-electron chi connectivity index (χ2n) is 5.60. The number of thioether (sulfide) groups is 1. The summed E-state index contributed by atoms with van der Waals surface area (Å²) in [5.41, 5.74) is 0.935. The zero-order chi connectivity index (χ0) is 18.7. The molecule has 0 aliphatic rings. The van der Waals surface area contributed by atoms with Crippen LogP contribution >= 0.6 is 23.1 Å². The van der Waals surface area contributed by atoms with E-state index in [4.69, 9.17) is 0 Å². The Hall–Kier alpha value is -2.45. The quantitative estimate of drug-likeness (QED) is 0.197. The van der Waals surface area contributed by atoms with Gasteiger partial charge in [-0.15, -0.1) is 17.9 Å². The zero-order valence-corrected chi connectivity index (χ0v) is 15.8. The standard InChI is InChI=1S/C18H17N3O3S2/c1-3-9-20-17(22)15-10-14(4-2)26-16(15)19-18(20)25-11-12-5-7-13(8-6-12)21(23)24/h3,5-8,10H,1,4,9,11H2,2H3. The van der Waals surface area contributed by atoms with Crippen LogP contribution in [0.4, 0.5) is 5.69 Å². The number of thiophene rings is 1. The van der Waals surface area contributed by atoms with Gasteiger partial charge in [0.15, 0.2) is 5.16 Å². The lowest BCUT2D eigenvalue weighted by atomic mass is 10.2. The number of nitro benzene ring substituents is 1. The molecule has 0 saturated carbocycles. The summed E-state index contributed by atoms with van der Waals surface area (Å²) in [6.45, 7) is 6.17. The molecule has 3 aromatic rings. The Kier molecular flexibility index (Phi) is 5.53. The first-order valence-corrected chi connectivity index (χ1v) is 9.84. The molecule has 3 rings (SSSR count). The second-order valence-corrected chi connectivity index (χ2v) is 7.65. The van der Waals surface area contributed by atoms with Crippen LogP contribution in [-0.4, -0.2) is 14.5 Å². The highest BCUT2D eigenvalue weighted by molar-refractivity contribution is 7.98. The van der Waals surface area contributed by atoms with E-state index in [0.717, 1.165) is 21.7 Å². The topological polar surface area (TPSA) is 78.0 Å². The van der Waals surface area contributed by atoms with E-state index in [0.29, 0.717) is 22.8 Å². The highest BCUT2D eigenvalue weighted by Gasteiger charge is 2.14. The zero-order valence-electron chi connectivity index (χ0n) is 14.2. The van der Waals surface area contributed by atoms with Gasteiger partial charge in [0.2, 0.25) is 0 Å². The van der Waals surface area contributed by atoms with Gasteiger partial charge >= 0.3 is 0 Å². The van der Waals surface area contributed by atoms with Crippen molar-refractivity contribution in [2.75, 3.05) is 0 Å². The Morgan fingerprint density at radius 3 is 2.73 bits per heavy atom. The van der Waals surface area contributed by atoms with Gasteiger partial charge in [-0.05, 0) is 18.1 Å². The Morgan fingerprint density at radius 2 is 2.12 bits per heavy atom. The molecule has 6 nitrogen and oxygen atoms in total. The van der Waals surface area contributed by atoms with Crippen molar-refractivity contribution in [3.8, 4) is 0 Å². The van der Waals surface area contributed by atoms with Crippen LogP contribution in [0.3, 0.4) is 0 Å². The molecule has 1 aromatic carbocycles. The number of nitro groups is 1. The average Bonchev–Trinajstić information content (AvgIpc) is 3.06. The van der Waals surface area contributed by atoms with Gasteiger partial charge in [0.05, 0.1) is 10.3 Å². The summed E-state index contributed by atoms with van der Waals surface area (Å²) in [6, 6.07) is 8.33. The normalized spacial score (nSPS) is 11.0. The van der Waals surface area contributed by atoms with Crippen molar-refractivity contribution in [1.29, 1.82) is 0 Å². The SMILES string of the molecule is C=CCn1c(SCc2ccc([N+](=O)[O-])cc2)nc2sc(CC)cc2c1=O. The van der Waals surface area contributed by atoms with E-state index in [9.17, 15) is 14.9 Å². The van der Waals surface area contributed by atoms with Gasteiger partial charge < -0.3 is 0 Å². The van der Waals surface area contributed by atoms with Crippen molar-refractivity contribution >= 4 is 39.0 Å². The molecule has 0 aliphatic carbocycles. The van der Waals surface area contributed by atoms with Gasteiger partial charge in [0, 0.05) is 29.3 Å². The third-order valence-corrected chi connectivity index (χ3v) is 6.06. The average molecular weight is 387 g/mol. The lowest BCUT2D eigenvalue weighted by molar-refractivity contribution is -0.384. The molecular formula is C18H17N3O3S2. The molecule has 0 N–H and O–H groups in total. The minimum absolute atomic E-state index is 0.0583. The Balaban J connectivity index is 1.92. The maximum atomic E-state index is 12.8. The molecular weight excluding hydrogens is 370 g/mol. The molecule has 26 heavy (non-hydrogen) atoms. The number of hydrogen-bond acceptors (Lipinski definition) is 6. The minimum atomic E-state index is -0.420. The van der Waals surface area contributed by atoms with Crippen LogP contribution < -0.4 is 5.56 Å². The van der Waals surface area contributed by atoms with Crippen LogP contribution in [0.5, 0.6) is 0 Å². The summed E-state index contributed by atoms with van der Waals surface area (Å²) >= 11 is 2.98. The van der Waals surface area contributed by atoms with E-state index in [1.54, 1.807) is 34.1 Å². The monoisotopic (exact) mass is 387 g/mol. The number of nitrogens with zero attached hydrogens (tertiary/aromatic N) is 3. The minimum Gasteiger partial charge on any atom is -0.283 e. The van der Waals surface area contributed by atoms with Crippen molar-refractivity contribution in [2.45, 2.75) is 30.8 Å². The number of allylic oxidation sites excluding steroid dienone is 1. The molecule has 0 amide bonds. The highest BCUT2D eigenvalue weighted by Crippen LogP contribution is 2.27. The molecule has 0 atom stereocenters. The molecule has 8 heteroatoms. The van der Waals surface area contributed by atoms with Gasteiger partial charge in [-0.25, -0.2) is 4.98 Å². The smallest absolute Gasteiger partial charge is 0.269 e. The van der Waals surface area contributed by atoms with E-state index in [-0.39, 0.29) is 11.2 Å². The molecule has 0 unspecified atom stereocenters. The van der Waals surface area contributed by atoms with Crippen molar-refractivity contribution < 1.29 is 4.92 Å². The predicted molar refractivity (Wildman–Crippen MR) is 106 cm³/mol. The lowest BCUT2D eigenvalue weighted by Crippen LogP contribution is -2.22. The summed E-state index contributed by atoms with van der Waals surface area (Å²) in [4.78, 5) is 29.7. The predicted octanol–water partition coefficient (Wildman–Crippen LogP) is 4.41. The van der Waals surface area contributed by atoms with Gasteiger partial charge in [0.1, 0.15) is 4.83 Å². The van der Waals surface area contributed by atoms with Gasteiger partial charge in [0.25, 0.3) is 11.2 Å². The number of aryl methyl sites for hydroxylation is 1. The third-order valence-electron chi connectivity index (χ3n) is 3.84. The number of hydrogen-bond donors (Lipinski definition) is 0. The van der Waals surface area contributed by atoms with Crippen LogP contribution in [0, 0.1) is 10.1 Å². The van der Waals surface area contributed by atoms with Crippen molar-refractivity contribution in [3.05, 3.63) is 73.9 Å². The maximum Gasteiger partial charge on any atom is 0.269 e. The molecule has 0 bridgehead atoms. The van der Waals surface area contributed by atoms with E-state index in [1.807, 2.05) is 6.07 Å². The van der Waals surface area contributed by atoms with Gasteiger partial charge in [-0.1, -0.05) is 36.9 Å². The van der Waals surface area contributed by atoms with Crippen LogP contribution in [-0.2, 0) is 18.7 Å². The van der Waals surface area contributed by atoms with Crippen LogP contribution in [0.25, 0.3) is 10.2 Å².